The first-order valence-corrected chi connectivity index (χ1v) is 19.1. The second-order valence-corrected chi connectivity index (χ2v) is 13.7. The Morgan fingerprint density at radius 3 is 1.66 bits per heavy atom. The Bertz CT molecular complexity index is 2810. The highest BCUT2D eigenvalue weighted by molar-refractivity contribution is 6.11. The number of nitriles is 1. The molecule has 6 rings (SSSR count). The maximum Gasteiger partial charge on any atom is 0.339 e. The molecular weight excluding hydrogens is 825 g/mol. The minimum Gasteiger partial charge on any atom is -0.504 e. The van der Waals surface area contributed by atoms with E-state index in [1.165, 1.54) is 73.8 Å². The Hall–Kier alpha value is -9.17. The van der Waals surface area contributed by atoms with E-state index in [1.807, 2.05) is 42.5 Å². The first-order valence-electron chi connectivity index (χ1n) is 19.1. The summed E-state index contributed by atoms with van der Waals surface area (Å²) in [6, 6.07) is 33.8. The summed E-state index contributed by atoms with van der Waals surface area (Å²) < 4.78 is 10.4. The summed E-state index contributed by atoms with van der Waals surface area (Å²) in [5.41, 5.74) is 2.37. The fourth-order valence-corrected chi connectivity index (χ4v) is 6.35. The van der Waals surface area contributed by atoms with Crippen molar-refractivity contribution in [2.24, 2.45) is 0 Å². The molecule has 0 saturated carbocycles. The van der Waals surface area contributed by atoms with E-state index >= 15 is 0 Å². The second kappa shape index (κ2) is 19.9. The zero-order valence-corrected chi connectivity index (χ0v) is 34.0. The summed E-state index contributed by atoms with van der Waals surface area (Å²) in [5, 5.41) is 52.9. The van der Waals surface area contributed by atoms with Crippen LogP contribution in [-0.4, -0.2) is 71.1 Å². The highest BCUT2D eigenvalue weighted by atomic mass is 16.5. The Kier molecular flexibility index (Phi) is 13.8. The van der Waals surface area contributed by atoms with Crippen LogP contribution in [0.1, 0.15) is 58.2 Å². The lowest BCUT2D eigenvalue weighted by atomic mass is 10.0. The summed E-state index contributed by atoms with van der Waals surface area (Å²) in [4.78, 5) is 77.1. The van der Waals surface area contributed by atoms with E-state index in [9.17, 15) is 49.3 Å². The van der Waals surface area contributed by atoms with Gasteiger partial charge in [-0.1, -0.05) is 42.5 Å². The average molecular weight is 863 g/mol. The maximum absolute atomic E-state index is 13.2. The molecule has 1 atom stereocenters. The van der Waals surface area contributed by atoms with Gasteiger partial charge in [-0.15, -0.1) is 0 Å². The van der Waals surface area contributed by atoms with Gasteiger partial charge in [-0.25, -0.2) is 4.79 Å². The number of carbonyl (C=O) groups excluding carboxylic acids is 5. The standard InChI is InChI=1S/C47H38N6O11/c1-63-40-35(21-19-33(38(40)54)45(59)52-36-22-20-34(47(61)62)39(55)41(36)64-2)51-42(56)27-13-17-32(18-14-27)50-46(60)37(23-24-48)53-43(57)28-11-15-31(16-12-28)49-44(58)30-10-6-9-29(25-30)26-7-4-3-5-8-26/h3-22,25,37,54-55H,23H2,1-2H3,(H,49,58)(H,50,60)(H,51,56)(H,52,59)(H,53,57)(H,61,62). The molecule has 17 heteroatoms. The lowest BCUT2D eigenvalue weighted by Gasteiger charge is -2.17. The second-order valence-electron chi connectivity index (χ2n) is 13.7. The quantitative estimate of drug-likeness (QED) is 0.0525. The smallest absolute Gasteiger partial charge is 0.339 e. The molecule has 0 spiro atoms. The van der Waals surface area contributed by atoms with Gasteiger partial charge in [-0.3, -0.25) is 24.0 Å². The van der Waals surface area contributed by atoms with Crippen LogP contribution in [0.5, 0.6) is 23.0 Å². The molecule has 6 aromatic rings. The van der Waals surface area contributed by atoms with Crippen LogP contribution in [0, 0.1) is 11.3 Å². The predicted octanol–water partition coefficient (Wildman–Crippen LogP) is 6.89. The van der Waals surface area contributed by atoms with Gasteiger partial charge in [0.2, 0.25) is 5.91 Å². The van der Waals surface area contributed by atoms with Crippen molar-refractivity contribution in [1.82, 2.24) is 5.32 Å². The molecule has 322 valence electrons. The number of phenols is 2. The number of ether oxygens (including phenoxy) is 2. The number of nitrogens with zero attached hydrogens (tertiary/aromatic N) is 1. The van der Waals surface area contributed by atoms with E-state index in [4.69, 9.17) is 9.47 Å². The number of hydrogen-bond acceptors (Lipinski definition) is 11. The van der Waals surface area contributed by atoms with Gasteiger partial charge in [-0.2, -0.15) is 5.26 Å². The van der Waals surface area contributed by atoms with Crippen molar-refractivity contribution in [3.8, 4) is 40.2 Å². The molecular formula is C47H38N6O11. The number of anilines is 4. The predicted molar refractivity (Wildman–Crippen MR) is 235 cm³/mol. The fourth-order valence-electron chi connectivity index (χ4n) is 6.35. The Labute approximate surface area is 364 Å². The van der Waals surface area contributed by atoms with E-state index in [0.29, 0.717) is 11.3 Å². The van der Waals surface area contributed by atoms with Gasteiger partial charge < -0.3 is 51.4 Å². The number of aromatic hydroxyl groups is 2. The number of hydrogen-bond donors (Lipinski definition) is 8. The van der Waals surface area contributed by atoms with E-state index in [2.05, 4.69) is 26.6 Å². The highest BCUT2D eigenvalue weighted by Gasteiger charge is 2.25. The molecule has 5 amide bonds. The van der Waals surface area contributed by atoms with Crippen LogP contribution in [0.4, 0.5) is 22.7 Å². The maximum atomic E-state index is 13.2. The summed E-state index contributed by atoms with van der Waals surface area (Å²) in [6.07, 6.45) is -0.360. The van der Waals surface area contributed by atoms with Gasteiger partial charge in [0, 0.05) is 28.1 Å². The van der Waals surface area contributed by atoms with Crippen molar-refractivity contribution >= 4 is 58.3 Å². The molecule has 0 fully saturated rings. The topological polar surface area (TPSA) is 266 Å². The minimum absolute atomic E-state index is 0.0146. The molecule has 0 bridgehead atoms. The third kappa shape index (κ3) is 10.2. The average Bonchev–Trinajstić information content (AvgIpc) is 3.29. The van der Waals surface area contributed by atoms with Gasteiger partial charge in [0.25, 0.3) is 23.6 Å². The molecule has 6 aromatic carbocycles. The number of benzene rings is 6. The number of phenolic OH excluding ortho intramolecular Hbond substituents is 1. The van der Waals surface area contributed by atoms with Crippen LogP contribution >= 0.6 is 0 Å². The van der Waals surface area contributed by atoms with Crippen LogP contribution in [0.3, 0.4) is 0 Å². The molecule has 0 aliphatic heterocycles. The van der Waals surface area contributed by atoms with Crippen molar-refractivity contribution < 1.29 is 53.6 Å². The third-order valence-electron chi connectivity index (χ3n) is 9.61. The molecule has 17 nitrogen and oxygen atoms in total. The largest absolute Gasteiger partial charge is 0.504 e. The number of rotatable bonds is 15. The van der Waals surface area contributed by atoms with Crippen LogP contribution in [-0.2, 0) is 4.79 Å². The lowest BCUT2D eigenvalue weighted by molar-refractivity contribution is -0.117. The van der Waals surface area contributed by atoms with E-state index < -0.39 is 52.7 Å². The normalized spacial score (nSPS) is 10.9. The summed E-state index contributed by atoms with van der Waals surface area (Å²) >= 11 is 0. The van der Waals surface area contributed by atoms with E-state index in [0.717, 1.165) is 24.3 Å². The lowest BCUT2D eigenvalue weighted by Crippen LogP contribution is -2.43. The fraction of sp³-hybridized carbons (Fsp3) is 0.0851. The van der Waals surface area contributed by atoms with Crippen LogP contribution in [0.15, 0.2) is 127 Å². The van der Waals surface area contributed by atoms with Crippen LogP contribution < -0.4 is 36.1 Å². The Balaban J connectivity index is 1.05. The molecule has 0 aromatic heterocycles. The van der Waals surface area contributed by atoms with Gasteiger partial charge in [0.15, 0.2) is 23.0 Å². The first kappa shape index (κ1) is 44.4. The molecule has 1 unspecified atom stereocenters. The van der Waals surface area contributed by atoms with Gasteiger partial charge in [0.05, 0.1) is 43.6 Å². The van der Waals surface area contributed by atoms with Crippen molar-refractivity contribution in [3.05, 3.63) is 155 Å². The monoisotopic (exact) mass is 862 g/mol. The summed E-state index contributed by atoms with van der Waals surface area (Å²) in [7, 11) is 2.36. The molecule has 0 aliphatic rings. The number of carboxylic acid groups (broad SMARTS) is 1. The van der Waals surface area contributed by atoms with E-state index in [1.54, 1.807) is 18.2 Å². The molecule has 0 radical (unpaired) electrons. The van der Waals surface area contributed by atoms with Gasteiger partial charge in [0.1, 0.15) is 11.6 Å². The number of aromatic carboxylic acids is 1. The number of amides is 5. The van der Waals surface area contributed by atoms with E-state index in [-0.39, 0.29) is 57.6 Å². The number of nitrogens with one attached hydrogen (secondary N) is 5. The number of carboxylic acids is 1. The summed E-state index contributed by atoms with van der Waals surface area (Å²) in [6.45, 7) is 0. The molecule has 64 heavy (non-hydrogen) atoms. The number of methoxy groups -OCH3 is 2. The van der Waals surface area contributed by atoms with Crippen LogP contribution in [0.2, 0.25) is 0 Å². The Morgan fingerprint density at radius 2 is 1.08 bits per heavy atom. The Morgan fingerprint density at radius 1 is 0.562 bits per heavy atom. The highest BCUT2D eigenvalue weighted by Crippen LogP contribution is 2.40. The zero-order chi connectivity index (χ0) is 45.9. The van der Waals surface area contributed by atoms with Crippen molar-refractivity contribution in [1.29, 1.82) is 5.26 Å². The molecule has 0 saturated heterocycles. The van der Waals surface area contributed by atoms with Gasteiger partial charge >= 0.3 is 5.97 Å². The molecule has 0 heterocycles. The van der Waals surface area contributed by atoms with Crippen LogP contribution in [0.25, 0.3) is 11.1 Å². The molecule has 0 aliphatic carbocycles. The number of carbonyl (C=O) groups is 6. The molecule has 8 N–H and O–H groups in total. The van der Waals surface area contributed by atoms with Gasteiger partial charge in [-0.05, 0) is 96.1 Å². The third-order valence-corrected chi connectivity index (χ3v) is 9.61. The zero-order valence-electron chi connectivity index (χ0n) is 34.0. The van der Waals surface area contributed by atoms with Crippen molar-refractivity contribution in [2.45, 2.75) is 12.5 Å². The SMILES string of the molecule is COc1c(NC(=O)c2ccc(NC(=O)c3ccc(NC(=O)C(CC#N)NC(=O)c4ccc(NC(=O)c5cccc(-c6ccccc6)c5)cc4)cc3)c(OC)c2O)ccc(C(=O)O)c1O. The van der Waals surface area contributed by atoms with Crippen molar-refractivity contribution in [3.63, 3.8) is 0 Å². The first-order chi connectivity index (χ1) is 30.8. The minimum atomic E-state index is -1.42. The summed E-state index contributed by atoms with van der Waals surface area (Å²) in [5.74, 6) is -6.63. The van der Waals surface area contributed by atoms with Crippen molar-refractivity contribution in [2.75, 3.05) is 35.5 Å².